The van der Waals surface area contributed by atoms with Crippen molar-refractivity contribution in [1.29, 1.82) is 0 Å². The van der Waals surface area contributed by atoms with Crippen LogP contribution in [0.15, 0.2) is 91.1 Å². The summed E-state index contributed by atoms with van der Waals surface area (Å²) in [5.41, 5.74) is 15.2. The van der Waals surface area contributed by atoms with E-state index >= 15 is 0 Å². The summed E-state index contributed by atoms with van der Waals surface area (Å²) in [7, 11) is 0. The first-order valence-electron chi connectivity index (χ1n) is 19.5. The van der Waals surface area contributed by atoms with Crippen LogP contribution in [-0.2, 0) is 42.7 Å². The van der Waals surface area contributed by atoms with Gasteiger partial charge in [-0.2, -0.15) is 0 Å². The van der Waals surface area contributed by atoms with Gasteiger partial charge >= 0.3 is 0 Å². The topological polar surface area (TPSA) is 46.0 Å². The van der Waals surface area contributed by atoms with Crippen molar-refractivity contribution in [2.24, 2.45) is 0 Å². The predicted molar refractivity (Wildman–Crippen MR) is 237 cm³/mol. The van der Waals surface area contributed by atoms with Crippen LogP contribution in [0.1, 0.15) is 111 Å². The molecule has 292 valence electrons. The van der Waals surface area contributed by atoms with Crippen LogP contribution in [0.4, 0.5) is 0 Å². The van der Waals surface area contributed by atoms with Crippen molar-refractivity contribution in [3.63, 3.8) is 0 Å². The predicted octanol–water partition coefficient (Wildman–Crippen LogP) is 14.5. The van der Waals surface area contributed by atoms with Gasteiger partial charge in [-0.1, -0.05) is 137 Å². The van der Waals surface area contributed by atoms with Crippen LogP contribution < -0.4 is 0 Å². The molecule has 2 aromatic heterocycles. The minimum Gasteiger partial charge on any atom is -0.507 e. The summed E-state index contributed by atoms with van der Waals surface area (Å²) >= 11 is 1.63. The summed E-state index contributed by atoms with van der Waals surface area (Å²) in [5, 5.41) is 13.2. The van der Waals surface area contributed by atoms with Gasteiger partial charge in [0.05, 0.1) is 11.1 Å². The zero-order chi connectivity index (χ0) is 39.8. The summed E-state index contributed by atoms with van der Waals surface area (Å²) in [6.07, 6.45) is 1.91. The fraction of sp³-hybridized carbons (Fsp3) is 0.333. The fourth-order valence-electron chi connectivity index (χ4n) is 7.16. The van der Waals surface area contributed by atoms with Crippen LogP contribution in [0, 0.1) is 13.0 Å². The molecule has 3 nitrogen and oxygen atoms in total. The smallest absolute Gasteiger partial charge is 0.127 e. The maximum absolute atomic E-state index is 11.2. The summed E-state index contributed by atoms with van der Waals surface area (Å²) < 4.78 is 1.07. The minimum atomic E-state index is -0.0719. The second-order valence-corrected chi connectivity index (χ2v) is 20.5. The number of rotatable bonds is 4. The first-order valence-corrected chi connectivity index (χ1v) is 20.3. The molecule has 0 unspecified atom stereocenters. The van der Waals surface area contributed by atoms with Crippen LogP contribution in [-0.4, -0.2) is 15.1 Å². The van der Waals surface area contributed by atoms with E-state index in [4.69, 9.17) is 9.97 Å². The Hall–Kier alpha value is -4.11. The Bertz CT molecular complexity index is 2570. The molecular formula is C51H55N2OPtS-. The molecule has 0 saturated carbocycles. The maximum Gasteiger partial charge on any atom is 0.127 e. The zero-order valence-corrected chi connectivity index (χ0v) is 38.3. The molecule has 56 heavy (non-hydrogen) atoms. The van der Waals surface area contributed by atoms with Crippen molar-refractivity contribution in [2.75, 3.05) is 0 Å². The molecule has 5 heteroatoms. The molecule has 0 saturated heterocycles. The first kappa shape index (κ1) is 41.5. The van der Waals surface area contributed by atoms with Crippen LogP contribution in [0.25, 0.3) is 65.1 Å². The van der Waals surface area contributed by atoms with Crippen LogP contribution in [0.2, 0.25) is 0 Å². The van der Waals surface area contributed by atoms with Gasteiger partial charge in [-0.25, -0.2) is 4.98 Å². The molecule has 2 heterocycles. The monoisotopic (exact) mass is 938 g/mol. The van der Waals surface area contributed by atoms with Crippen LogP contribution >= 0.6 is 11.3 Å². The number of hydrogen-bond donors (Lipinski definition) is 1. The molecule has 0 spiro atoms. The van der Waals surface area contributed by atoms with Gasteiger partial charge in [0.1, 0.15) is 10.8 Å². The number of aromatic nitrogens is 2. The van der Waals surface area contributed by atoms with E-state index in [0.29, 0.717) is 0 Å². The van der Waals surface area contributed by atoms with Crippen LogP contribution in [0.3, 0.4) is 0 Å². The Morgan fingerprint density at radius 3 is 1.68 bits per heavy atom. The molecule has 0 aliphatic rings. The normalized spacial score (nSPS) is 12.7. The molecule has 0 radical (unpaired) electrons. The van der Waals surface area contributed by atoms with E-state index in [1.807, 2.05) is 18.3 Å². The number of thiazole rings is 1. The van der Waals surface area contributed by atoms with E-state index in [9.17, 15) is 5.11 Å². The standard InChI is InChI=1S/C51H55N2OS.Pt/c1-30-19-20-52-45-39(30)28-38(51(11,12)13)29-41(45)32-16-14-15-31(21-32)40-24-34(33-22-36(49(5,6)7)26-37(23-33)50(8,9)10)25-44-46(40)53-47(55-44)42-27-35(48(2,3)4)17-18-43(42)54;/h14-20,22-29,54H,1-13H3;/q-1;. The summed E-state index contributed by atoms with van der Waals surface area (Å²) in [6.45, 7) is 29.3. The second-order valence-electron chi connectivity index (χ2n) is 19.4. The number of hydrogen-bond acceptors (Lipinski definition) is 4. The third-order valence-corrected chi connectivity index (χ3v) is 11.9. The van der Waals surface area contributed by atoms with Gasteiger partial charge in [0, 0.05) is 37.5 Å². The van der Waals surface area contributed by atoms with Gasteiger partial charge in [0.25, 0.3) is 0 Å². The Morgan fingerprint density at radius 1 is 0.554 bits per heavy atom. The van der Waals surface area contributed by atoms with Gasteiger partial charge in [-0.05, 0) is 97.2 Å². The molecule has 7 rings (SSSR count). The molecule has 0 atom stereocenters. The quantitative estimate of drug-likeness (QED) is 0.179. The van der Waals surface area contributed by atoms with Crippen molar-refractivity contribution in [3.8, 4) is 49.7 Å². The van der Waals surface area contributed by atoms with Crippen LogP contribution in [0.5, 0.6) is 5.75 Å². The Morgan fingerprint density at radius 2 is 1.09 bits per heavy atom. The van der Waals surface area contributed by atoms with Crippen molar-refractivity contribution in [3.05, 3.63) is 125 Å². The van der Waals surface area contributed by atoms with Gasteiger partial charge in [-0.3, -0.25) is 4.98 Å². The van der Waals surface area contributed by atoms with E-state index in [-0.39, 0.29) is 48.5 Å². The number of pyridine rings is 1. The SMILES string of the molecule is Cc1ccnc2c(-c3[c-]c(-c4cc(-c5cc(C(C)(C)C)cc(C(C)(C)C)c5)cc5sc(-c6cc(C(C)(C)C)ccc6O)nc45)ccc3)cc(C(C)(C)C)cc12.[Pt]. The number of fused-ring (bicyclic) bond motifs is 2. The average molecular weight is 939 g/mol. The summed E-state index contributed by atoms with van der Waals surface area (Å²) in [4.78, 5) is 10.2. The van der Waals surface area contributed by atoms with E-state index in [0.717, 1.165) is 59.7 Å². The average Bonchev–Trinajstić information content (AvgIpc) is 3.53. The Balaban J connectivity index is 0.00000532. The largest absolute Gasteiger partial charge is 0.507 e. The van der Waals surface area contributed by atoms with Gasteiger partial charge < -0.3 is 5.11 Å². The molecule has 0 fully saturated rings. The minimum absolute atomic E-state index is 0. The number of nitrogens with zero attached hydrogens (tertiary/aromatic N) is 2. The fourth-order valence-corrected chi connectivity index (χ4v) is 8.22. The van der Waals surface area contributed by atoms with Crippen molar-refractivity contribution >= 4 is 32.5 Å². The molecule has 0 aliphatic heterocycles. The molecule has 5 aromatic carbocycles. The number of aromatic hydroxyl groups is 1. The summed E-state index contributed by atoms with van der Waals surface area (Å²) in [6, 6.07) is 34.6. The second kappa shape index (κ2) is 14.7. The van der Waals surface area contributed by atoms with Crippen molar-refractivity contribution in [1.82, 2.24) is 9.97 Å². The molecule has 0 amide bonds. The van der Waals surface area contributed by atoms with E-state index in [2.05, 4.69) is 169 Å². The van der Waals surface area contributed by atoms with Gasteiger partial charge in [-0.15, -0.1) is 46.7 Å². The van der Waals surface area contributed by atoms with Crippen molar-refractivity contribution in [2.45, 2.75) is 112 Å². The van der Waals surface area contributed by atoms with E-state index in [1.165, 1.54) is 33.2 Å². The Kier molecular flexibility index (Phi) is 10.9. The van der Waals surface area contributed by atoms with Gasteiger partial charge in [0.2, 0.25) is 0 Å². The Labute approximate surface area is 352 Å². The maximum atomic E-state index is 11.2. The zero-order valence-electron chi connectivity index (χ0n) is 35.2. The molecule has 0 bridgehead atoms. The molecule has 1 N–H and O–H groups in total. The molecule has 7 aromatic rings. The van der Waals surface area contributed by atoms with Gasteiger partial charge in [0.15, 0.2) is 0 Å². The molecule has 0 aliphatic carbocycles. The van der Waals surface area contributed by atoms with E-state index in [1.54, 1.807) is 11.3 Å². The number of benzene rings is 5. The third-order valence-electron chi connectivity index (χ3n) is 10.9. The number of aryl methyl sites for hydroxylation is 1. The molecular weight excluding hydrogens is 884 g/mol. The van der Waals surface area contributed by atoms with Crippen molar-refractivity contribution < 1.29 is 26.2 Å². The number of phenols is 1. The third kappa shape index (κ3) is 8.16. The number of phenolic OH excluding ortho intramolecular Hbond substituents is 1. The first-order chi connectivity index (χ1) is 25.6. The van der Waals surface area contributed by atoms with E-state index < -0.39 is 0 Å². The summed E-state index contributed by atoms with van der Waals surface area (Å²) in [5.74, 6) is 0.239.